The fraction of sp³-hybridized carbons (Fsp3) is 0.500. The number of nitrogens with two attached hydrogens (primary N) is 1. The topological polar surface area (TPSA) is 102 Å². The lowest BCUT2D eigenvalue weighted by Crippen LogP contribution is -2.14. The van der Waals surface area contributed by atoms with Gasteiger partial charge in [-0.3, -0.25) is 0 Å². The van der Waals surface area contributed by atoms with Gasteiger partial charge in [0.25, 0.3) is 0 Å². The van der Waals surface area contributed by atoms with Crippen LogP contribution in [0.1, 0.15) is 18.0 Å². The highest BCUT2D eigenvalue weighted by Gasteiger charge is 2.31. The Morgan fingerprint density at radius 1 is 1.67 bits per heavy atom. The van der Waals surface area contributed by atoms with Gasteiger partial charge in [-0.1, -0.05) is 0 Å². The van der Waals surface area contributed by atoms with E-state index in [1.807, 2.05) is 6.07 Å². The molecule has 80 valence electrons. The number of aromatic nitrogens is 2. The summed E-state index contributed by atoms with van der Waals surface area (Å²) in [4.78, 5) is 0. The third kappa shape index (κ3) is 1.68. The molecule has 2 heterocycles. The van der Waals surface area contributed by atoms with Crippen molar-refractivity contribution in [3.05, 3.63) is 11.8 Å². The lowest BCUT2D eigenvalue weighted by Gasteiger charge is -2.09. The Morgan fingerprint density at radius 3 is 2.87 bits per heavy atom. The lowest BCUT2D eigenvalue weighted by molar-refractivity contribution is 0.507. The minimum Gasteiger partial charge on any atom is -0.383 e. The largest absolute Gasteiger partial charge is 0.383 e. The van der Waals surface area contributed by atoms with Crippen LogP contribution in [0.15, 0.2) is 6.20 Å². The van der Waals surface area contributed by atoms with E-state index < -0.39 is 9.84 Å². The first kappa shape index (κ1) is 9.98. The standard InChI is InChI=1S/C8H10N4O2S/c9-3-6-4-11-12(8(6)10)7-1-2-15(13,14)5-7/h4,7H,1-2,5,10H2/t7-/m1/s1. The van der Waals surface area contributed by atoms with E-state index in [0.717, 1.165) is 0 Å². The zero-order chi connectivity index (χ0) is 11.1. The molecule has 1 aromatic rings. The molecule has 0 bridgehead atoms. The maximum absolute atomic E-state index is 11.3. The average Bonchev–Trinajstić information content (AvgIpc) is 2.69. The predicted molar refractivity (Wildman–Crippen MR) is 53.7 cm³/mol. The molecule has 0 saturated carbocycles. The Kier molecular flexibility index (Phi) is 2.16. The first-order valence-corrected chi connectivity index (χ1v) is 6.29. The van der Waals surface area contributed by atoms with Crippen LogP contribution in [0, 0.1) is 11.3 Å². The normalized spacial score (nSPS) is 23.8. The Balaban J connectivity index is 2.33. The maximum atomic E-state index is 11.3. The molecule has 1 aliphatic rings. The van der Waals surface area contributed by atoms with Gasteiger partial charge in [0.1, 0.15) is 17.5 Å². The number of hydrogen-bond acceptors (Lipinski definition) is 5. The SMILES string of the molecule is N#Cc1cnn([C@@H]2CCS(=O)(=O)C2)c1N. The van der Waals surface area contributed by atoms with Gasteiger partial charge in [-0.2, -0.15) is 10.4 Å². The molecule has 0 radical (unpaired) electrons. The van der Waals surface area contributed by atoms with Crippen LogP contribution in [0.4, 0.5) is 5.82 Å². The highest BCUT2D eigenvalue weighted by Crippen LogP contribution is 2.26. The van der Waals surface area contributed by atoms with Crippen molar-refractivity contribution in [2.24, 2.45) is 0 Å². The molecular formula is C8H10N4O2S. The first-order valence-electron chi connectivity index (χ1n) is 4.47. The molecular weight excluding hydrogens is 216 g/mol. The summed E-state index contributed by atoms with van der Waals surface area (Å²) in [6.45, 7) is 0. The molecule has 0 aliphatic carbocycles. The summed E-state index contributed by atoms with van der Waals surface area (Å²) >= 11 is 0. The van der Waals surface area contributed by atoms with Crippen LogP contribution in [0.25, 0.3) is 0 Å². The van der Waals surface area contributed by atoms with Gasteiger partial charge in [0.15, 0.2) is 9.84 Å². The summed E-state index contributed by atoms with van der Waals surface area (Å²) in [6, 6.07) is 1.68. The highest BCUT2D eigenvalue weighted by atomic mass is 32.2. The molecule has 2 N–H and O–H groups in total. The van der Waals surface area contributed by atoms with Crippen molar-refractivity contribution in [2.45, 2.75) is 12.5 Å². The third-order valence-corrected chi connectivity index (χ3v) is 4.26. The molecule has 1 aliphatic heterocycles. The van der Waals surface area contributed by atoms with Gasteiger partial charge in [0.2, 0.25) is 0 Å². The quantitative estimate of drug-likeness (QED) is 0.708. The van der Waals surface area contributed by atoms with Crippen molar-refractivity contribution in [3.63, 3.8) is 0 Å². The summed E-state index contributed by atoms with van der Waals surface area (Å²) in [5.74, 6) is 0.474. The molecule has 0 unspecified atom stereocenters. The molecule has 0 aromatic carbocycles. The Labute approximate surface area is 87.2 Å². The third-order valence-electron chi connectivity index (χ3n) is 2.51. The van der Waals surface area contributed by atoms with Gasteiger partial charge in [-0.25, -0.2) is 13.1 Å². The van der Waals surface area contributed by atoms with E-state index in [-0.39, 0.29) is 23.4 Å². The van der Waals surface area contributed by atoms with Crippen LogP contribution in [0.5, 0.6) is 0 Å². The van der Waals surface area contributed by atoms with E-state index in [4.69, 9.17) is 11.0 Å². The van der Waals surface area contributed by atoms with Crippen molar-refractivity contribution in [3.8, 4) is 6.07 Å². The first-order chi connectivity index (χ1) is 7.03. The number of anilines is 1. The smallest absolute Gasteiger partial charge is 0.152 e. The number of hydrogen-bond donors (Lipinski definition) is 1. The monoisotopic (exact) mass is 226 g/mol. The van der Waals surface area contributed by atoms with Crippen molar-refractivity contribution < 1.29 is 8.42 Å². The highest BCUT2D eigenvalue weighted by molar-refractivity contribution is 7.91. The second-order valence-electron chi connectivity index (χ2n) is 3.56. The molecule has 1 atom stereocenters. The number of rotatable bonds is 1. The van der Waals surface area contributed by atoms with Crippen LogP contribution in [0.2, 0.25) is 0 Å². The number of nitriles is 1. The maximum Gasteiger partial charge on any atom is 0.152 e. The van der Waals surface area contributed by atoms with Crippen LogP contribution in [-0.2, 0) is 9.84 Å². The average molecular weight is 226 g/mol. The zero-order valence-corrected chi connectivity index (χ0v) is 8.74. The molecule has 1 fully saturated rings. The minimum atomic E-state index is -2.96. The molecule has 2 rings (SSSR count). The van der Waals surface area contributed by atoms with Crippen LogP contribution < -0.4 is 5.73 Å². The summed E-state index contributed by atoms with van der Waals surface area (Å²) in [5.41, 5.74) is 5.96. The van der Waals surface area contributed by atoms with Gasteiger partial charge < -0.3 is 5.73 Å². The molecule has 15 heavy (non-hydrogen) atoms. The van der Waals surface area contributed by atoms with E-state index in [0.29, 0.717) is 12.0 Å². The van der Waals surface area contributed by atoms with Gasteiger partial charge in [0, 0.05) is 0 Å². The van der Waals surface area contributed by atoms with Gasteiger partial charge >= 0.3 is 0 Å². The van der Waals surface area contributed by atoms with Gasteiger partial charge in [-0.05, 0) is 6.42 Å². The van der Waals surface area contributed by atoms with Crippen LogP contribution >= 0.6 is 0 Å². The fourth-order valence-electron chi connectivity index (χ4n) is 1.72. The molecule has 0 spiro atoms. The van der Waals surface area contributed by atoms with E-state index in [1.54, 1.807) is 0 Å². The van der Waals surface area contributed by atoms with Gasteiger partial charge in [0.05, 0.1) is 23.7 Å². The molecule has 1 saturated heterocycles. The summed E-state index contributed by atoms with van der Waals surface area (Å²) < 4.78 is 23.9. The fourth-order valence-corrected chi connectivity index (χ4v) is 3.41. The molecule has 6 nitrogen and oxygen atoms in total. The second kappa shape index (κ2) is 3.24. The zero-order valence-electron chi connectivity index (χ0n) is 7.92. The van der Waals surface area contributed by atoms with Crippen molar-refractivity contribution >= 4 is 15.7 Å². The predicted octanol–water partition coefficient (Wildman–Crippen LogP) is -0.303. The second-order valence-corrected chi connectivity index (χ2v) is 5.79. The molecule has 0 amide bonds. The summed E-state index contributed by atoms with van der Waals surface area (Å²) in [7, 11) is -2.96. The van der Waals surface area contributed by atoms with E-state index in [9.17, 15) is 8.42 Å². The summed E-state index contributed by atoms with van der Waals surface area (Å²) in [5, 5.41) is 12.6. The van der Waals surface area contributed by atoms with E-state index in [2.05, 4.69) is 5.10 Å². The number of nitrogens with zero attached hydrogens (tertiary/aromatic N) is 3. The van der Waals surface area contributed by atoms with Crippen LogP contribution in [0.3, 0.4) is 0 Å². The number of sulfone groups is 1. The van der Waals surface area contributed by atoms with Crippen molar-refractivity contribution in [1.29, 1.82) is 5.26 Å². The van der Waals surface area contributed by atoms with E-state index >= 15 is 0 Å². The van der Waals surface area contributed by atoms with Crippen molar-refractivity contribution in [1.82, 2.24) is 9.78 Å². The summed E-state index contributed by atoms with van der Waals surface area (Å²) in [6.07, 6.45) is 1.87. The Hall–Kier alpha value is -1.55. The minimum absolute atomic E-state index is 0.0593. The van der Waals surface area contributed by atoms with Crippen LogP contribution in [-0.4, -0.2) is 29.7 Å². The van der Waals surface area contributed by atoms with E-state index in [1.165, 1.54) is 10.9 Å². The molecule has 7 heteroatoms. The Bertz CT molecular complexity index is 525. The van der Waals surface area contributed by atoms with Gasteiger partial charge in [-0.15, -0.1) is 0 Å². The van der Waals surface area contributed by atoms with Crippen molar-refractivity contribution in [2.75, 3.05) is 17.2 Å². The molecule has 1 aromatic heterocycles. The lowest BCUT2D eigenvalue weighted by atomic mass is 10.2. The Morgan fingerprint density at radius 2 is 2.40 bits per heavy atom. The number of nitrogen functional groups attached to an aromatic ring is 1.